The van der Waals surface area contributed by atoms with E-state index in [0.717, 1.165) is 10.9 Å². The molecule has 3 unspecified atom stereocenters. The first-order valence-electron chi connectivity index (χ1n) is 6.58. The number of hydrogen-bond acceptors (Lipinski definition) is 11. The van der Waals surface area contributed by atoms with Gasteiger partial charge in [0, 0.05) is 0 Å². The van der Waals surface area contributed by atoms with E-state index >= 15 is 0 Å². The number of imidazole rings is 1. The van der Waals surface area contributed by atoms with Crippen molar-refractivity contribution in [1.29, 1.82) is 0 Å². The van der Waals surface area contributed by atoms with Gasteiger partial charge in [-0.1, -0.05) is 0 Å². The first-order valence-corrected chi connectivity index (χ1v) is 8.04. The molecule has 27 heavy (non-hydrogen) atoms. The number of phosphoric ester groups is 1. The number of aliphatic hydroxyl groups excluding tert-OH is 2. The molecule has 0 radical (unpaired) electrons. The summed E-state index contributed by atoms with van der Waals surface area (Å²) in [5.41, 5.74) is 4.77. The van der Waals surface area contributed by atoms with Crippen LogP contribution in [0, 0.1) is 0 Å². The van der Waals surface area contributed by atoms with Crippen molar-refractivity contribution in [2.24, 2.45) is 0 Å². The van der Waals surface area contributed by atoms with Gasteiger partial charge in [0.2, 0.25) is 5.95 Å². The van der Waals surface area contributed by atoms with Crippen LogP contribution in [0.25, 0.3) is 11.2 Å². The minimum atomic E-state index is -5.26. The molecular formula is C10H14N5Na2O9P. The molecule has 0 aliphatic carbocycles. The second-order valence-electron chi connectivity index (χ2n) is 5.06. The number of hydrogen-bond donors (Lipinski definition) is 4. The van der Waals surface area contributed by atoms with Gasteiger partial charge < -0.3 is 45.0 Å². The molecule has 7 N–H and O–H groups in total. The van der Waals surface area contributed by atoms with Gasteiger partial charge in [0.25, 0.3) is 5.56 Å². The summed E-state index contributed by atoms with van der Waals surface area (Å²) in [5, 5.41) is 20.0. The summed E-state index contributed by atoms with van der Waals surface area (Å²) in [5.74, 6) is -0.194. The van der Waals surface area contributed by atoms with Gasteiger partial charge in [0.1, 0.15) is 18.3 Å². The Morgan fingerprint density at radius 2 is 2.00 bits per heavy atom. The summed E-state index contributed by atoms with van der Waals surface area (Å²) < 4.78 is 21.0. The maximum Gasteiger partial charge on any atom is 1.00 e. The van der Waals surface area contributed by atoms with Crippen LogP contribution in [-0.2, 0) is 13.8 Å². The molecule has 1 saturated heterocycles. The van der Waals surface area contributed by atoms with Gasteiger partial charge in [0.05, 0.1) is 20.8 Å². The second kappa shape index (κ2) is 10.2. The van der Waals surface area contributed by atoms with E-state index in [2.05, 4.69) is 19.5 Å². The minimum absolute atomic E-state index is 0. The van der Waals surface area contributed by atoms with Crippen molar-refractivity contribution in [1.82, 2.24) is 19.5 Å². The second-order valence-corrected chi connectivity index (χ2v) is 6.22. The number of nitrogens with zero attached hydrogens (tertiary/aromatic N) is 3. The van der Waals surface area contributed by atoms with Crippen molar-refractivity contribution in [3.05, 3.63) is 16.7 Å². The van der Waals surface area contributed by atoms with Crippen molar-refractivity contribution in [2.75, 3.05) is 12.3 Å². The largest absolute Gasteiger partial charge is 1.00 e. The molecule has 3 heterocycles. The number of nitrogens with two attached hydrogens (primary N) is 1. The summed E-state index contributed by atoms with van der Waals surface area (Å²) in [7, 11) is -5.26. The molecule has 0 saturated carbocycles. The molecule has 1 fully saturated rings. The molecule has 2 aromatic heterocycles. The van der Waals surface area contributed by atoms with Crippen LogP contribution < -0.4 is 80.2 Å². The van der Waals surface area contributed by atoms with Gasteiger partial charge in [-0.25, -0.2) is 4.98 Å². The normalized spacial score (nSPS) is 24.7. The van der Waals surface area contributed by atoms with Gasteiger partial charge in [-0.05, 0) is 0 Å². The van der Waals surface area contributed by atoms with E-state index in [1.54, 1.807) is 0 Å². The third kappa shape index (κ3) is 5.81. The van der Waals surface area contributed by atoms with Crippen LogP contribution in [0.1, 0.15) is 6.23 Å². The molecule has 3 rings (SSSR count). The summed E-state index contributed by atoms with van der Waals surface area (Å²) in [6.45, 7) is -0.776. The maximum absolute atomic E-state index is 11.7. The van der Waals surface area contributed by atoms with Crippen LogP contribution in [-0.4, -0.2) is 60.1 Å². The van der Waals surface area contributed by atoms with Crippen LogP contribution >= 0.6 is 7.82 Å². The van der Waals surface area contributed by atoms with Crippen LogP contribution in [0.15, 0.2) is 11.1 Å². The molecule has 0 spiro atoms. The molecule has 140 valence electrons. The molecule has 4 atom stereocenters. The van der Waals surface area contributed by atoms with Gasteiger partial charge in [-0.15, -0.1) is 0 Å². The maximum atomic E-state index is 11.7. The van der Waals surface area contributed by atoms with E-state index in [-0.39, 0.29) is 81.7 Å². The third-order valence-corrected chi connectivity index (χ3v) is 3.92. The van der Waals surface area contributed by atoms with E-state index in [4.69, 9.17) is 10.5 Å². The predicted octanol–water partition coefficient (Wildman–Crippen LogP) is -10.7. The molecule has 0 bridgehead atoms. The molecule has 17 heteroatoms. The zero-order chi connectivity index (χ0) is 17.6. The topological polar surface area (TPSA) is 243 Å². The molecule has 0 aromatic carbocycles. The van der Waals surface area contributed by atoms with E-state index in [1.807, 2.05) is 0 Å². The van der Waals surface area contributed by atoms with Crippen LogP contribution in [0.4, 0.5) is 5.95 Å². The number of aliphatic hydroxyl groups is 2. The molecule has 14 nitrogen and oxygen atoms in total. The molecule has 2 aromatic rings. The number of fused-ring (bicyclic) bond motifs is 1. The quantitative estimate of drug-likeness (QED) is 0.264. The van der Waals surface area contributed by atoms with Gasteiger partial charge in [-0.3, -0.25) is 14.3 Å². The average Bonchev–Trinajstić information content (AvgIpc) is 3.00. The fourth-order valence-corrected chi connectivity index (χ4v) is 2.72. The van der Waals surface area contributed by atoms with Crippen molar-refractivity contribution in [3.8, 4) is 0 Å². The van der Waals surface area contributed by atoms with E-state index in [9.17, 15) is 29.4 Å². The van der Waals surface area contributed by atoms with Crippen molar-refractivity contribution >= 4 is 24.9 Å². The summed E-state index contributed by atoms with van der Waals surface area (Å²) in [6.07, 6.45) is -4.46. The Bertz CT molecular complexity index is 872. The zero-order valence-corrected chi connectivity index (χ0v) is 19.2. The molecular weight excluding hydrogens is 411 g/mol. The Morgan fingerprint density at radius 1 is 1.37 bits per heavy atom. The number of rotatable bonds is 4. The predicted molar refractivity (Wildman–Crippen MR) is 75.7 cm³/mol. The minimum Gasteiger partial charge on any atom is -0.790 e. The Hall–Kier alpha value is 0.1000. The standard InChI is InChI=1S/C10H14N5O8P.2Na.H2O/c11-10-13-7-4(8(18)14-10)12-2-15(7)9-6(17)5(16)3(23-9)1-22-24(19,20)21;;;/h2-3,5-6,9,16-17H,1H2,(H2,19,20,21)(H3,11,13,14,18);;;1H2/q;2*+1;/p-2/t3?,5?,6-,9?;;;/m0.../s1. The van der Waals surface area contributed by atoms with Crippen molar-refractivity contribution in [2.45, 2.75) is 24.5 Å². The monoisotopic (exact) mass is 425 g/mol. The number of phosphoric acid groups is 1. The van der Waals surface area contributed by atoms with Crippen LogP contribution in [0.5, 0.6) is 0 Å². The summed E-state index contributed by atoms with van der Waals surface area (Å²) >= 11 is 0. The third-order valence-electron chi connectivity index (χ3n) is 3.46. The molecule has 0 amide bonds. The SMILES string of the molecule is Nc1nc2c(ncn2C2OC(COP(=O)([O-])[O-])C(O)[C@@H]2O)c(=O)[nH]1.O.[Na+].[Na+]. The molecule has 1 aliphatic heterocycles. The smallest absolute Gasteiger partial charge is 0.790 e. The first-order chi connectivity index (χ1) is 11.2. The molecule has 1 aliphatic rings. The number of anilines is 1. The zero-order valence-electron chi connectivity index (χ0n) is 14.3. The Morgan fingerprint density at radius 3 is 2.59 bits per heavy atom. The number of H-pyrrole nitrogens is 1. The van der Waals surface area contributed by atoms with Crippen LogP contribution in [0.2, 0.25) is 0 Å². The van der Waals surface area contributed by atoms with E-state index in [1.165, 1.54) is 0 Å². The van der Waals surface area contributed by atoms with Crippen LogP contribution in [0.3, 0.4) is 0 Å². The first kappa shape index (κ1) is 27.1. The average molecular weight is 425 g/mol. The number of nitrogen functional groups attached to an aromatic ring is 1. The number of aromatic amines is 1. The van der Waals surface area contributed by atoms with E-state index in [0.29, 0.717) is 0 Å². The van der Waals surface area contributed by atoms with Gasteiger partial charge in [-0.2, -0.15) is 4.98 Å². The number of nitrogens with one attached hydrogen (secondary N) is 1. The number of aromatic nitrogens is 4. The van der Waals surface area contributed by atoms with Gasteiger partial charge in [0.15, 0.2) is 17.4 Å². The fraction of sp³-hybridized carbons (Fsp3) is 0.500. The van der Waals surface area contributed by atoms with E-state index < -0.39 is 44.5 Å². The number of ether oxygens (including phenoxy) is 1. The van der Waals surface area contributed by atoms with Gasteiger partial charge >= 0.3 is 59.1 Å². The Labute approximate surface area is 195 Å². The fourth-order valence-electron chi connectivity index (χ4n) is 2.39. The van der Waals surface area contributed by atoms with Crippen molar-refractivity contribution < 1.29 is 98.4 Å². The Balaban J connectivity index is 0.00000225. The van der Waals surface area contributed by atoms with Crippen molar-refractivity contribution in [3.63, 3.8) is 0 Å². The Kier molecular flexibility index (Phi) is 10.3. The summed E-state index contributed by atoms with van der Waals surface area (Å²) in [6, 6.07) is 0. The summed E-state index contributed by atoms with van der Waals surface area (Å²) in [4.78, 5) is 42.7.